The number of hydrogen-bond donors (Lipinski definition) is 0. The number of rotatable bonds is 1. The lowest BCUT2D eigenvalue weighted by molar-refractivity contribution is 1.35. The summed E-state index contributed by atoms with van der Waals surface area (Å²) in [7, 11) is 0. The quantitative estimate of drug-likeness (QED) is 0.448. The topological polar surface area (TPSA) is 0 Å². The third kappa shape index (κ3) is 42.8. The molecule has 0 aliphatic heterocycles. The van der Waals surface area contributed by atoms with Crippen molar-refractivity contribution in [3.63, 3.8) is 0 Å². The Morgan fingerprint density at radius 3 is 0.792 bits per heavy atom. The van der Waals surface area contributed by atoms with Crippen LogP contribution in [0.25, 0.3) is 0 Å². The Morgan fingerprint density at radius 1 is 0.500 bits per heavy atom. The normalized spacial score (nSPS) is 6.75. The van der Waals surface area contributed by atoms with Gasteiger partial charge in [-0.25, -0.2) is 0 Å². The van der Waals surface area contributed by atoms with E-state index < -0.39 is 0 Å². The maximum absolute atomic E-state index is 2.12. The highest BCUT2D eigenvalue weighted by molar-refractivity contribution is 5.19. The van der Waals surface area contributed by atoms with Crippen LogP contribution in [0.3, 0.4) is 0 Å². The first-order valence-electron chi connectivity index (χ1n) is 9.73. The highest BCUT2D eigenvalue weighted by Gasteiger charge is 1.79. The van der Waals surface area contributed by atoms with E-state index in [1.165, 1.54) is 22.3 Å². The van der Waals surface area contributed by atoms with Crippen molar-refractivity contribution in [1.82, 2.24) is 0 Å². The predicted molar refractivity (Wildman–Crippen MR) is 120 cm³/mol. The average molecular weight is 337 g/mol. The highest BCUT2D eigenvalue weighted by Crippen LogP contribution is 1.99. The molecule has 1 aromatic rings. The van der Waals surface area contributed by atoms with E-state index in [1.54, 1.807) is 0 Å². The Labute approximate surface area is 156 Å². The molecule has 0 saturated heterocycles. The fourth-order valence-corrected chi connectivity index (χ4v) is 0.970. The molecule has 0 amide bonds. The summed E-state index contributed by atoms with van der Waals surface area (Å²) in [6, 6.07) is 8.48. The first kappa shape index (κ1) is 34.1. The molecule has 0 aliphatic carbocycles. The summed E-state index contributed by atoms with van der Waals surface area (Å²) >= 11 is 0. The third-order valence-electron chi connectivity index (χ3n) is 1.97. The van der Waals surface area contributed by atoms with Crippen molar-refractivity contribution < 1.29 is 0 Å². The molecule has 0 radical (unpaired) electrons. The molecule has 0 aromatic heterocycles. The lowest BCUT2D eigenvalue weighted by Gasteiger charge is -1.90. The van der Waals surface area contributed by atoms with Crippen molar-refractivity contribution in [2.24, 2.45) is 0 Å². The minimum absolute atomic E-state index is 1.33. The molecule has 0 saturated carbocycles. The lowest BCUT2D eigenvalue weighted by atomic mass is 10.2. The number of allylic oxidation sites excluding steroid dienone is 4. The molecule has 0 heteroatoms. The van der Waals surface area contributed by atoms with E-state index in [-0.39, 0.29) is 0 Å². The van der Waals surface area contributed by atoms with Gasteiger partial charge in [-0.3, -0.25) is 0 Å². The van der Waals surface area contributed by atoms with Crippen LogP contribution in [0.1, 0.15) is 94.2 Å². The fourth-order valence-electron chi connectivity index (χ4n) is 0.970. The molecule has 0 atom stereocenters. The second-order valence-corrected chi connectivity index (χ2v) is 4.64. The van der Waals surface area contributed by atoms with E-state index in [0.717, 1.165) is 0 Å². The first-order valence-corrected chi connectivity index (χ1v) is 9.73. The van der Waals surface area contributed by atoms with E-state index in [9.17, 15) is 0 Å². The molecule has 144 valence electrons. The molecule has 0 N–H and O–H groups in total. The third-order valence-corrected chi connectivity index (χ3v) is 1.97. The Morgan fingerprint density at radius 2 is 0.667 bits per heavy atom. The standard InChI is InChI=1S/C8H10.C8H14.4C2H6/c1-7-3-5-8(2)6-4-7;1-7(2)5-6-8(3)4;4*1-2/h3-6H,1-2H3;5-6H,1-4H3;4*1-2H3. The highest BCUT2D eigenvalue weighted by atomic mass is 13.9. The van der Waals surface area contributed by atoms with Crippen LogP contribution in [0.4, 0.5) is 0 Å². The van der Waals surface area contributed by atoms with Gasteiger partial charge in [0.15, 0.2) is 0 Å². The summed E-state index contributed by atoms with van der Waals surface area (Å²) in [4.78, 5) is 0. The van der Waals surface area contributed by atoms with Crippen LogP contribution in [0.2, 0.25) is 0 Å². The van der Waals surface area contributed by atoms with Crippen molar-refractivity contribution in [3.05, 3.63) is 58.7 Å². The summed E-state index contributed by atoms with van der Waals surface area (Å²) < 4.78 is 0. The van der Waals surface area contributed by atoms with Crippen LogP contribution in [-0.4, -0.2) is 0 Å². The molecule has 1 rings (SSSR count). The van der Waals surface area contributed by atoms with Gasteiger partial charge in [0.1, 0.15) is 0 Å². The Bertz CT molecular complexity index is 305. The molecule has 0 spiro atoms. The molecule has 1 aromatic carbocycles. The summed E-state index contributed by atoms with van der Waals surface area (Å²) in [5.74, 6) is 0. The van der Waals surface area contributed by atoms with Gasteiger partial charge in [0.2, 0.25) is 0 Å². The van der Waals surface area contributed by atoms with Crippen LogP contribution in [0.5, 0.6) is 0 Å². The van der Waals surface area contributed by atoms with Gasteiger partial charge in [-0.15, -0.1) is 0 Å². The molecule has 0 heterocycles. The summed E-state index contributed by atoms with van der Waals surface area (Å²) in [6.07, 6.45) is 4.24. The smallest absolute Gasteiger partial charge is 0.0398 e. The molecule has 0 nitrogen and oxygen atoms in total. The van der Waals surface area contributed by atoms with Crippen molar-refractivity contribution in [2.45, 2.75) is 96.9 Å². The van der Waals surface area contributed by atoms with Gasteiger partial charge in [-0.05, 0) is 41.5 Å². The monoisotopic (exact) mass is 336 g/mol. The minimum Gasteiger partial charge on any atom is -0.0764 e. The van der Waals surface area contributed by atoms with E-state index >= 15 is 0 Å². The lowest BCUT2D eigenvalue weighted by Crippen LogP contribution is -1.70. The zero-order chi connectivity index (χ0) is 20.6. The molecule has 0 bridgehead atoms. The van der Waals surface area contributed by atoms with Crippen LogP contribution < -0.4 is 0 Å². The average Bonchev–Trinajstić information content (AvgIpc) is 2.63. The second kappa shape index (κ2) is 33.3. The predicted octanol–water partition coefficient (Wildman–Crippen LogP) is 9.33. The zero-order valence-corrected chi connectivity index (χ0v) is 19.5. The molecule has 0 aliphatic rings. The number of hydrogen-bond acceptors (Lipinski definition) is 0. The Kier molecular flexibility index (Phi) is 47.4. The minimum atomic E-state index is 1.33. The zero-order valence-electron chi connectivity index (χ0n) is 19.5. The van der Waals surface area contributed by atoms with Gasteiger partial charge in [0.05, 0.1) is 0 Å². The van der Waals surface area contributed by atoms with Crippen LogP contribution >= 0.6 is 0 Å². The van der Waals surface area contributed by atoms with Gasteiger partial charge in [-0.1, -0.05) is 114 Å². The first-order chi connectivity index (χ1) is 11.4. The van der Waals surface area contributed by atoms with Gasteiger partial charge in [0.25, 0.3) is 0 Å². The maximum atomic E-state index is 2.12. The largest absolute Gasteiger partial charge is 0.0764 e. The number of aryl methyl sites for hydroxylation is 2. The van der Waals surface area contributed by atoms with E-state index in [1.807, 2.05) is 55.4 Å². The maximum Gasteiger partial charge on any atom is -0.0398 e. The second-order valence-electron chi connectivity index (χ2n) is 4.64. The summed E-state index contributed by atoms with van der Waals surface area (Å²) in [5, 5.41) is 0. The summed E-state index contributed by atoms with van der Waals surface area (Å²) in [6.45, 7) is 28.6. The van der Waals surface area contributed by atoms with Crippen molar-refractivity contribution in [2.75, 3.05) is 0 Å². The van der Waals surface area contributed by atoms with E-state index in [2.05, 4.69) is 78.0 Å². The Balaban J connectivity index is -0.0000000709. The molecular formula is C24H48. The van der Waals surface area contributed by atoms with Gasteiger partial charge < -0.3 is 0 Å². The van der Waals surface area contributed by atoms with E-state index in [0.29, 0.717) is 0 Å². The van der Waals surface area contributed by atoms with Gasteiger partial charge in [-0.2, -0.15) is 0 Å². The molecule has 0 unspecified atom stereocenters. The molecule has 0 fully saturated rings. The van der Waals surface area contributed by atoms with Crippen molar-refractivity contribution in [1.29, 1.82) is 0 Å². The van der Waals surface area contributed by atoms with Crippen LogP contribution in [-0.2, 0) is 0 Å². The van der Waals surface area contributed by atoms with Gasteiger partial charge >= 0.3 is 0 Å². The van der Waals surface area contributed by atoms with Crippen LogP contribution in [0, 0.1) is 13.8 Å². The molecule has 24 heavy (non-hydrogen) atoms. The van der Waals surface area contributed by atoms with Crippen molar-refractivity contribution >= 4 is 0 Å². The van der Waals surface area contributed by atoms with Gasteiger partial charge in [0, 0.05) is 0 Å². The van der Waals surface area contributed by atoms with Crippen molar-refractivity contribution in [3.8, 4) is 0 Å². The molecular weight excluding hydrogens is 288 g/mol. The van der Waals surface area contributed by atoms with Crippen LogP contribution in [0.15, 0.2) is 47.6 Å². The number of benzene rings is 1. The fraction of sp³-hybridized carbons (Fsp3) is 0.583. The summed E-state index contributed by atoms with van der Waals surface area (Å²) in [5.41, 5.74) is 5.36. The van der Waals surface area contributed by atoms with E-state index in [4.69, 9.17) is 0 Å². The SMILES string of the molecule is CC.CC.CC.CC.CC(C)=CC=C(C)C.Cc1ccc(C)cc1. The Hall–Kier alpha value is -1.30.